The lowest BCUT2D eigenvalue weighted by atomic mass is 10.2. The lowest BCUT2D eigenvalue weighted by Gasteiger charge is -2.28. The molecule has 3 heterocycles. The van der Waals surface area contributed by atoms with Crippen molar-refractivity contribution in [3.63, 3.8) is 0 Å². The van der Waals surface area contributed by atoms with Gasteiger partial charge in [0.2, 0.25) is 11.8 Å². The number of piperazine rings is 1. The molecule has 33 heavy (non-hydrogen) atoms. The molecule has 2 aliphatic rings. The molecule has 0 aliphatic carbocycles. The van der Waals surface area contributed by atoms with E-state index in [1.807, 2.05) is 0 Å². The van der Waals surface area contributed by atoms with Crippen LogP contribution in [0.3, 0.4) is 0 Å². The van der Waals surface area contributed by atoms with E-state index in [9.17, 15) is 24.0 Å². The van der Waals surface area contributed by atoms with Gasteiger partial charge in [0.05, 0.1) is 31.9 Å². The summed E-state index contributed by atoms with van der Waals surface area (Å²) in [6, 6.07) is 1.34. The number of fused-ring (bicyclic) bond motifs is 1. The minimum Gasteiger partial charge on any atom is -0.479 e. The van der Waals surface area contributed by atoms with Crippen LogP contribution in [0.1, 0.15) is 27.4 Å². The fraction of sp³-hybridized carbons (Fsp3) is 0.556. The Hall–Kier alpha value is -3.01. The van der Waals surface area contributed by atoms with Crippen LogP contribution >= 0.6 is 12.2 Å². The highest BCUT2D eigenvalue weighted by Gasteiger charge is 2.30. The van der Waals surface area contributed by atoms with Crippen LogP contribution in [0.2, 0.25) is 0 Å². The van der Waals surface area contributed by atoms with E-state index in [1.54, 1.807) is 7.05 Å². The van der Waals surface area contributed by atoms with E-state index in [-0.39, 0.29) is 61.8 Å². The number of aryl methyl sites for hydroxylation is 1. The molecule has 0 spiro atoms. The van der Waals surface area contributed by atoms with Crippen molar-refractivity contribution in [2.24, 2.45) is 0 Å². The van der Waals surface area contributed by atoms with E-state index in [0.29, 0.717) is 19.5 Å². The lowest BCUT2D eigenvalue weighted by Crippen LogP contribution is -2.54. The quantitative estimate of drug-likeness (QED) is 0.160. The van der Waals surface area contributed by atoms with Gasteiger partial charge in [-0.2, -0.15) is 5.10 Å². The molecule has 1 atom stereocenters. The summed E-state index contributed by atoms with van der Waals surface area (Å²) in [4.78, 5) is 63.2. The van der Waals surface area contributed by atoms with Gasteiger partial charge in [-0.1, -0.05) is 0 Å². The standard InChI is InChI=1S/C18H25N7O7S/c1-19-33-32-13(18(30)31)8-21-16(28)11-7-12-17(29)23(3-2-4-25(12)22-11)5-6-24-14(26)9-20-10-15(24)27/h7,13,19-20H,2-6,8-10H2,1H3,(H,21,28)(H,30,31)/t13-/m0/s1. The van der Waals surface area contributed by atoms with Crippen LogP contribution in [0, 0.1) is 0 Å². The van der Waals surface area contributed by atoms with Gasteiger partial charge in [0.15, 0.2) is 11.8 Å². The number of carboxylic acid groups (broad SMARTS) is 1. The van der Waals surface area contributed by atoms with E-state index in [1.165, 1.54) is 15.6 Å². The van der Waals surface area contributed by atoms with Gasteiger partial charge in [-0.3, -0.25) is 38.3 Å². The zero-order valence-electron chi connectivity index (χ0n) is 17.9. The molecular formula is C18H25N7O7S. The van der Waals surface area contributed by atoms with E-state index in [4.69, 9.17) is 9.29 Å². The van der Waals surface area contributed by atoms with Crippen LogP contribution in [0.25, 0.3) is 0 Å². The Morgan fingerprint density at radius 1 is 1.24 bits per heavy atom. The van der Waals surface area contributed by atoms with Crippen LogP contribution < -0.4 is 15.4 Å². The number of rotatable bonds is 10. The Balaban J connectivity index is 1.63. The third kappa shape index (κ3) is 6.07. The molecule has 14 nitrogen and oxygen atoms in total. The zero-order chi connectivity index (χ0) is 24.0. The monoisotopic (exact) mass is 483 g/mol. The van der Waals surface area contributed by atoms with Gasteiger partial charge in [-0.25, -0.2) is 9.52 Å². The first kappa shape index (κ1) is 24.6. The second kappa shape index (κ2) is 11.2. The largest absolute Gasteiger partial charge is 0.479 e. The van der Waals surface area contributed by atoms with Crippen LogP contribution in [-0.4, -0.2) is 107 Å². The first-order valence-corrected chi connectivity index (χ1v) is 11.0. The van der Waals surface area contributed by atoms with Gasteiger partial charge in [0.25, 0.3) is 11.8 Å². The molecule has 0 aromatic carbocycles. The maximum absolute atomic E-state index is 13.0. The fourth-order valence-electron chi connectivity index (χ4n) is 3.38. The third-order valence-electron chi connectivity index (χ3n) is 5.04. The molecule has 4 amide bonds. The minimum atomic E-state index is -1.28. The highest BCUT2D eigenvalue weighted by Crippen LogP contribution is 2.15. The Labute approximate surface area is 193 Å². The van der Waals surface area contributed by atoms with E-state index in [0.717, 1.165) is 17.1 Å². The number of nitrogens with one attached hydrogen (secondary N) is 3. The highest BCUT2D eigenvalue weighted by atomic mass is 32.2. The van der Waals surface area contributed by atoms with Gasteiger partial charge in [0, 0.05) is 32.2 Å². The Kier molecular flexibility index (Phi) is 8.37. The number of imide groups is 1. The number of aliphatic carboxylic acids is 1. The molecule has 0 saturated carbocycles. The first-order valence-electron chi connectivity index (χ1n) is 10.2. The molecule has 0 bridgehead atoms. The number of aromatic nitrogens is 2. The van der Waals surface area contributed by atoms with Gasteiger partial charge >= 0.3 is 5.97 Å². The number of carbonyl (C=O) groups excluding carboxylic acids is 4. The summed E-state index contributed by atoms with van der Waals surface area (Å²) in [5.74, 6) is -2.93. The number of hydrogen-bond donors (Lipinski definition) is 4. The number of carbonyl (C=O) groups is 5. The summed E-state index contributed by atoms with van der Waals surface area (Å²) in [5.41, 5.74) is 0.172. The lowest BCUT2D eigenvalue weighted by molar-refractivity contribution is -0.147. The SMILES string of the molecule is CNSO[C@@H](CNC(=O)c1cc2n(n1)CCCN(CCN1C(=O)CNCC1=O)C2=O)C(=O)O. The Bertz CT molecular complexity index is 921. The molecule has 4 N–H and O–H groups in total. The van der Waals surface area contributed by atoms with Crippen molar-refractivity contribution in [3.05, 3.63) is 17.5 Å². The van der Waals surface area contributed by atoms with E-state index >= 15 is 0 Å². The minimum absolute atomic E-state index is 0.0296. The molecule has 15 heteroatoms. The second-order valence-electron chi connectivity index (χ2n) is 7.25. The summed E-state index contributed by atoms with van der Waals surface area (Å²) in [6.07, 6.45) is -0.708. The fourth-order valence-corrected chi connectivity index (χ4v) is 3.74. The van der Waals surface area contributed by atoms with E-state index in [2.05, 4.69) is 20.5 Å². The second-order valence-corrected chi connectivity index (χ2v) is 8.01. The highest BCUT2D eigenvalue weighted by molar-refractivity contribution is 7.92. The topological polar surface area (TPSA) is 175 Å². The molecule has 1 aromatic heterocycles. The number of hydrogen-bond acceptors (Lipinski definition) is 10. The molecule has 3 rings (SSSR count). The third-order valence-corrected chi connectivity index (χ3v) is 5.53. The molecule has 1 fully saturated rings. The number of nitrogens with zero attached hydrogens (tertiary/aromatic N) is 4. The molecule has 1 aromatic rings. The van der Waals surface area contributed by atoms with Crippen molar-refractivity contribution in [3.8, 4) is 0 Å². The van der Waals surface area contributed by atoms with Crippen LogP contribution in [0.4, 0.5) is 0 Å². The Morgan fingerprint density at radius 3 is 2.64 bits per heavy atom. The summed E-state index contributed by atoms with van der Waals surface area (Å²) >= 11 is 0.731. The van der Waals surface area contributed by atoms with Gasteiger partial charge in [-0.15, -0.1) is 0 Å². The maximum atomic E-state index is 13.0. The average molecular weight is 484 g/mol. The predicted octanol–water partition coefficient (Wildman–Crippen LogP) is -2.33. The normalized spacial score (nSPS) is 17.5. The van der Waals surface area contributed by atoms with Crippen LogP contribution in [0.5, 0.6) is 0 Å². The van der Waals surface area contributed by atoms with Crippen molar-refractivity contribution < 1.29 is 33.3 Å². The molecule has 2 aliphatic heterocycles. The van der Waals surface area contributed by atoms with Crippen LogP contribution in [-0.2, 0) is 25.1 Å². The van der Waals surface area contributed by atoms with Crippen LogP contribution in [0.15, 0.2) is 6.07 Å². The van der Waals surface area contributed by atoms with Gasteiger partial charge in [-0.05, 0) is 13.5 Å². The predicted molar refractivity (Wildman–Crippen MR) is 114 cm³/mol. The molecule has 0 unspecified atom stereocenters. The summed E-state index contributed by atoms with van der Waals surface area (Å²) in [7, 11) is 1.56. The number of amides is 4. The summed E-state index contributed by atoms with van der Waals surface area (Å²) in [5, 5.41) is 18.5. The molecule has 0 radical (unpaired) electrons. The molecule has 180 valence electrons. The number of carboxylic acids is 1. The zero-order valence-corrected chi connectivity index (χ0v) is 18.7. The van der Waals surface area contributed by atoms with E-state index < -0.39 is 18.0 Å². The van der Waals surface area contributed by atoms with Crippen molar-refractivity contribution in [2.45, 2.75) is 19.1 Å². The van der Waals surface area contributed by atoms with Gasteiger partial charge < -0.3 is 15.3 Å². The first-order chi connectivity index (χ1) is 15.8. The smallest absolute Gasteiger partial charge is 0.336 e. The van der Waals surface area contributed by atoms with Gasteiger partial charge in [0.1, 0.15) is 5.69 Å². The average Bonchev–Trinajstić information content (AvgIpc) is 3.15. The summed E-state index contributed by atoms with van der Waals surface area (Å²) < 4.78 is 9.01. The van der Waals surface area contributed by atoms with Crippen molar-refractivity contribution in [1.82, 2.24) is 34.9 Å². The Morgan fingerprint density at radius 2 is 1.97 bits per heavy atom. The van der Waals surface area contributed by atoms with Crippen molar-refractivity contribution >= 4 is 41.8 Å². The summed E-state index contributed by atoms with van der Waals surface area (Å²) in [6.45, 7) is 0.934. The molecule has 1 saturated heterocycles. The van der Waals surface area contributed by atoms with Crippen molar-refractivity contribution in [2.75, 3.05) is 46.3 Å². The maximum Gasteiger partial charge on any atom is 0.336 e. The molecular weight excluding hydrogens is 458 g/mol. The van der Waals surface area contributed by atoms with Crippen molar-refractivity contribution in [1.29, 1.82) is 0 Å².